The first-order chi connectivity index (χ1) is 24.6. The van der Waals surface area contributed by atoms with Crippen LogP contribution >= 0.6 is 0 Å². The molecule has 52 heavy (non-hydrogen) atoms. The predicted octanol–water partition coefficient (Wildman–Crippen LogP) is 2.87. The molecular formula is C36H49N5O10S. The summed E-state index contributed by atoms with van der Waals surface area (Å²) in [5, 5.41) is 4.85. The Bertz CT molecular complexity index is 1740. The van der Waals surface area contributed by atoms with E-state index in [-0.39, 0.29) is 31.9 Å². The number of alkyl carbamates (subject to hydrolysis) is 1. The van der Waals surface area contributed by atoms with Crippen LogP contribution in [0.1, 0.15) is 83.8 Å². The number of carbonyl (C=O) groups is 5. The van der Waals surface area contributed by atoms with Crippen molar-refractivity contribution in [2.75, 3.05) is 19.8 Å². The van der Waals surface area contributed by atoms with Gasteiger partial charge in [0.05, 0.1) is 18.4 Å². The number of hydrogen-bond acceptors (Lipinski definition) is 10. The van der Waals surface area contributed by atoms with Crippen molar-refractivity contribution in [1.29, 1.82) is 0 Å². The first kappa shape index (κ1) is 37.4. The highest BCUT2D eigenvalue weighted by atomic mass is 32.2. The molecule has 5 aliphatic rings. The van der Waals surface area contributed by atoms with E-state index in [1.54, 1.807) is 20.8 Å². The molecule has 1 unspecified atom stereocenters. The monoisotopic (exact) mass is 743 g/mol. The molecule has 5 amide bonds. The average molecular weight is 744 g/mol. The van der Waals surface area contributed by atoms with Gasteiger partial charge in [0.25, 0.3) is 5.91 Å². The molecule has 0 radical (unpaired) electrons. The van der Waals surface area contributed by atoms with Gasteiger partial charge in [-0.2, -0.15) is 0 Å². The number of nitrogens with one attached hydrogen (secondary N) is 3. The minimum atomic E-state index is -3.88. The zero-order valence-corrected chi connectivity index (χ0v) is 31.0. The lowest BCUT2D eigenvalue weighted by atomic mass is 9.85. The topological polar surface area (TPSA) is 190 Å². The van der Waals surface area contributed by atoms with E-state index in [0.29, 0.717) is 57.6 Å². The second-order valence-corrected chi connectivity index (χ2v) is 17.4. The first-order valence-electron chi connectivity index (χ1n) is 18.1. The molecule has 6 rings (SSSR count). The molecule has 3 heterocycles. The Kier molecular flexibility index (Phi) is 10.5. The quantitative estimate of drug-likeness (QED) is 0.366. The number of benzene rings is 1. The van der Waals surface area contributed by atoms with E-state index in [2.05, 4.69) is 15.4 Å². The van der Waals surface area contributed by atoms with Gasteiger partial charge in [0.15, 0.2) is 0 Å². The number of hydrogen-bond donors (Lipinski definition) is 3. The minimum absolute atomic E-state index is 0.0781. The highest BCUT2D eigenvalue weighted by Crippen LogP contribution is 2.47. The number of nitrogens with zero attached hydrogens (tertiary/aromatic N) is 2. The van der Waals surface area contributed by atoms with Gasteiger partial charge in [-0.15, -0.1) is 0 Å². The van der Waals surface area contributed by atoms with Crippen LogP contribution in [-0.2, 0) is 47.0 Å². The SMILES string of the molecule is CC[C@H]1C[C@@]1(NC(=O)C1C[C@@H]2CN1C(=O)[C@H](C(C)(C)C)NC(=O)OCCC/C=C/COc1ccc3c(c1)CN(C3)C(=O)O2)C(=O)NS(=O)(=O)C1CC1. The lowest BCUT2D eigenvalue weighted by molar-refractivity contribution is -0.143. The standard InChI is InChI=1S/C36H49N5O10S/c1-5-24-18-36(24,32(44)39-52(47,48)27-12-13-27)38-30(42)28-17-26-21-41(28)31(43)29(35(2,3)4)37-33(45)50-15-9-7-6-8-14-49-25-11-10-22-19-40(34(46)51-26)20-23(22)16-25/h6,8,10-11,16,24,26-29H,5,7,9,12-15,17-21H2,1-4H3,(H,37,45)(H,38,42)(H,39,44)/b8-6+/t24-,26+,28?,29+,36-/m0/s1. The summed E-state index contributed by atoms with van der Waals surface area (Å²) < 4.78 is 44.7. The van der Waals surface area contributed by atoms with Crippen LogP contribution < -0.4 is 20.1 Å². The smallest absolute Gasteiger partial charge is 0.410 e. The second-order valence-electron chi connectivity index (χ2n) is 15.5. The molecule has 284 valence electrons. The summed E-state index contributed by atoms with van der Waals surface area (Å²) in [5.74, 6) is -1.73. The molecule has 1 aromatic rings. The predicted molar refractivity (Wildman–Crippen MR) is 187 cm³/mol. The molecule has 0 aromatic heterocycles. The molecule has 16 heteroatoms. The van der Waals surface area contributed by atoms with Gasteiger partial charge in [-0.3, -0.25) is 24.0 Å². The fraction of sp³-hybridized carbons (Fsp3) is 0.639. The van der Waals surface area contributed by atoms with Crippen molar-refractivity contribution in [1.82, 2.24) is 25.2 Å². The van der Waals surface area contributed by atoms with E-state index >= 15 is 0 Å². The molecule has 15 nitrogen and oxygen atoms in total. The fourth-order valence-electron chi connectivity index (χ4n) is 7.15. The normalized spacial score (nSPS) is 29.1. The Hall–Kier alpha value is -4.34. The zero-order valence-electron chi connectivity index (χ0n) is 30.1. The van der Waals surface area contributed by atoms with Gasteiger partial charge in [-0.25, -0.2) is 18.0 Å². The first-order valence-corrected chi connectivity index (χ1v) is 19.6. The van der Waals surface area contributed by atoms with E-state index in [4.69, 9.17) is 14.2 Å². The summed E-state index contributed by atoms with van der Waals surface area (Å²) in [6.45, 7) is 8.04. The van der Waals surface area contributed by atoms with Gasteiger partial charge >= 0.3 is 12.2 Å². The number of ether oxygens (including phenoxy) is 3. The number of fused-ring (bicyclic) bond motifs is 4. The molecule has 3 fully saturated rings. The van der Waals surface area contributed by atoms with Crippen LogP contribution in [0.4, 0.5) is 9.59 Å². The van der Waals surface area contributed by atoms with E-state index in [9.17, 15) is 32.4 Å². The third-order valence-corrected chi connectivity index (χ3v) is 12.3. The molecule has 5 atom stereocenters. The minimum Gasteiger partial charge on any atom is -0.490 e. The van der Waals surface area contributed by atoms with Crippen LogP contribution in [0.25, 0.3) is 0 Å². The Labute approximate surface area is 304 Å². The number of rotatable bonds is 6. The summed E-state index contributed by atoms with van der Waals surface area (Å²) in [6, 6.07) is 3.31. The fourth-order valence-corrected chi connectivity index (χ4v) is 8.51. The van der Waals surface area contributed by atoms with Gasteiger partial charge in [0.2, 0.25) is 21.8 Å². The van der Waals surface area contributed by atoms with Crippen LogP contribution in [0.2, 0.25) is 0 Å². The van der Waals surface area contributed by atoms with Gasteiger partial charge in [0.1, 0.15) is 36.1 Å². The average Bonchev–Trinajstić information content (AvgIpc) is 3.98. The van der Waals surface area contributed by atoms with Crippen LogP contribution in [0.15, 0.2) is 30.4 Å². The van der Waals surface area contributed by atoms with E-state index in [1.165, 1.54) is 9.80 Å². The van der Waals surface area contributed by atoms with E-state index in [0.717, 1.165) is 11.1 Å². The van der Waals surface area contributed by atoms with Crippen LogP contribution in [0, 0.1) is 11.3 Å². The number of sulfonamides is 1. The van der Waals surface area contributed by atoms with Gasteiger partial charge < -0.3 is 29.7 Å². The highest BCUT2D eigenvalue weighted by molar-refractivity contribution is 7.91. The molecule has 1 aromatic carbocycles. The molecule has 3 aliphatic heterocycles. The lowest BCUT2D eigenvalue weighted by Gasteiger charge is -2.35. The molecular weight excluding hydrogens is 694 g/mol. The molecule has 3 N–H and O–H groups in total. The number of carbonyl (C=O) groups excluding carboxylic acids is 5. The molecule has 0 spiro atoms. The zero-order chi connectivity index (χ0) is 37.4. The maximum absolute atomic E-state index is 14.4. The van der Waals surface area contributed by atoms with Crippen molar-refractivity contribution in [2.24, 2.45) is 11.3 Å². The largest absolute Gasteiger partial charge is 0.490 e. The van der Waals surface area contributed by atoms with E-state index < -0.39 is 74.3 Å². The third-order valence-electron chi connectivity index (χ3n) is 10.5. The number of allylic oxidation sites excluding steroid dienone is 1. The summed E-state index contributed by atoms with van der Waals surface area (Å²) in [6.07, 6.45) is 4.27. The molecule has 1 saturated heterocycles. The third kappa shape index (κ3) is 8.16. The maximum Gasteiger partial charge on any atom is 0.410 e. The Morgan fingerprint density at radius 3 is 2.50 bits per heavy atom. The van der Waals surface area contributed by atoms with Crippen molar-refractivity contribution in [3.05, 3.63) is 41.5 Å². The van der Waals surface area contributed by atoms with Gasteiger partial charge in [0, 0.05) is 19.5 Å². The molecule has 2 aliphatic carbocycles. The van der Waals surface area contributed by atoms with Crippen LogP contribution in [0.5, 0.6) is 5.75 Å². The molecule has 5 bridgehead atoms. The van der Waals surface area contributed by atoms with E-state index in [1.807, 2.05) is 37.3 Å². The summed E-state index contributed by atoms with van der Waals surface area (Å²) >= 11 is 0. The van der Waals surface area contributed by atoms with Crippen LogP contribution in [-0.4, -0.2) is 96.9 Å². The summed E-state index contributed by atoms with van der Waals surface area (Å²) in [5.41, 5.74) is -0.428. The van der Waals surface area contributed by atoms with Crippen molar-refractivity contribution in [3.8, 4) is 5.75 Å². The highest BCUT2D eigenvalue weighted by Gasteiger charge is 2.62. The van der Waals surface area contributed by atoms with Gasteiger partial charge in [-0.05, 0) is 66.7 Å². The van der Waals surface area contributed by atoms with Crippen molar-refractivity contribution < 1.29 is 46.6 Å². The van der Waals surface area contributed by atoms with Crippen molar-refractivity contribution in [2.45, 2.75) is 115 Å². The summed E-state index contributed by atoms with van der Waals surface area (Å²) in [7, 11) is -3.88. The van der Waals surface area contributed by atoms with Crippen LogP contribution in [0.3, 0.4) is 0 Å². The second kappa shape index (κ2) is 14.6. The van der Waals surface area contributed by atoms with Crippen molar-refractivity contribution >= 4 is 39.9 Å². The molecule has 2 saturated carbocycles. The Morgan fingerprint density at radius 1 is 1.06 bits per heavy atom. The number of amides is 5. The van der Waals surface area contributed by atoms with Crippen molar-refractivity contribution in [3.63, 3.8) is 0 Å². The Balaban J connectivity index is 1.25. The summed E-state index contributed by atoms with van der Waals surface area (Å²) in [4.78, 5) is 71.3. The lowest BCUT2D eigenvalue weighted by Crippen LogP contribution is -2.60. The Morgan fingerprint density at radius 2 is 1.81 bits per heavy atom. The van der Waals surface area contributed by atoms with Gasteiger partial charge in [-0.1, -0.05) is 52.3 Å². The maximum atomic E-state index is 14.4. The number of cyclic esters (lactones) is 1.